The number of allylic oxidation sites excluding steroid dienone is 2. The second kappa shape index (κ2) is 5.34. The predicted octanol–water partition coefficient (Wildman–Crippen LogP) is 2.18. The van der Waals surface area contributed by atoms with Crippen LogP contribution in [0.15, 0.2) is 23.8 Å². The van der Waals surface area contributed by atoms with Crippen molar-refractivity contribution in [2.45, 2.75) is 44.8 Å². The van der Waals surface area contributed by atoms with Gasteiger partial charge in [0.1, 0.15) is 25.2 Å². The molecule has 17 heavy (non-hydrogen) atoms. The van der Waals surface area contributed by atoms with Crippen LogP contribution in [0.5, 0.6) is 0 Å². The first kappa shape index (κ1) is 12.8. The SMILES string of the molecule is CO[N+]1(CC2=CCCC=C2)CC(O)CCC1C. The van der Waals surface area contributed by atoms with Crippen LogP contribution < -0.4 is 0 Å². The average Bonchev–Trinajstić information content (AvgIpc) is 2.35. The molecule has 0 bridgehead atoms. The minimum Gasteiger partial charge on any atom is -0.387 e. The number of rotatable bonds is 3. The fraction of sp³-hybridized carbons (Fsp3) is 0.714. The molecule has 1 aliphatic carbocycles. The zero-order valence-electron chi connectivity index (χ0n) is 10.9. The van der Waals surface area contributed by atoms with Gasteiger partial charge in [-0.1, -0.05) is 18.2 Å². The molecule has 1 fully saturated rings. The van der Waals surface area contributed by atoms with Crippen LogP contribution in [0, 0.1) is 0 Å². The molecule has 0 amide bonds. The number of likely N-dealkylation sites (tertiary alicyclic amines) is 1. The van der Waals surface area contributed by atoms with E-state index in [-0.39, 0.29) is 6.10 Å². The van der Waals surface area contributed by atoms with Gasteiger partial charge in [0.2, 0.25) is 0 Å². The second-order valence-corrected chi connectivity index (χ2v) is 5.31. The molecule has 3 atom stereocenters. The Hall–Kier alpha value is -0.640. The van der Waals surface area contributed by atoms with Gasteiger partial charge in [-0.25, -0.2) is 4.84 Å². The lowest BCUT2D eigenvalue weighted by atomic mass is 9.98. The molecule has 96 valence electrons. The zero-order valence-corrected chi connectivity index (χ0v) is 10.9. The smallest absolute Gasteiger partial charge is 0.135 e. The first-order chi connectivity index (χ1) is 8.16. The molecule has 2 aliphatic rings. The largest absolute Gasteiger partial charge is 0.387 e. The molecule has 3 heteroatoms. The lowest BCUT2D eigenvalue weighted by Crippen LogP contribution is -2.60. The lowest BCUT2D eigenvalue weighted by Gasteiger charge is -2.44. The standard InChI is InChI=1S/C14H24NO2/c1-12-8-9-14(16)11-15(12,17-2)10-13-6-4-3-5-7-13/h4,6-7,12,14,16H,3,5,8-11H2,1-2H3/q+1. The highest BCUT2D eigenvalue weighted by atomic mass is 16.7. The van der Waals surface area contributed by atoms with Crippen LogP contribution in [0.1, 0.15) is 32.6 Å². The summed E-state index contributed by atoms with van der Waals surface area (Å²) in [5, 5.41) is 9.89. The van der Waals surface area contributed by atoms with E-state index in [1.165, 1.54) is 5.57 Å². The summed E-state index contributed by atoms with van der Waals surface area (Å²) in [5.41, 5.74) is 1.35. The summed E-state index contributed by atoms with van der Waals surface area (Å²) in [6.45, 7) is 3.82. The van der Waals surface area contributed by atoms with Gasteiger partial charge in [0.05, 0.1) is 7.11 Å². The highest BCUT2D eigenvalue weighted by Gasteiger charge is 2.42. The average molecular weight is 238 g/mol. The van der Waals surface area contributed by atoms with Crippen LogP contribution >= 0.6 is 0 Å². The van der Waals surface area contributed by atoms with E-state index < -0.39 is 0 Å². The Balaban J connectivity index is 2.12. The maximum Gasteiger partial charge on any atom is 0.135 e. The van der Waals surface area contributed by atoms with E-state index in [0.29, 0.717) is 17.2 Å². The summed E-state index contributed by atoms with van der Waals surface area (Å²) < 4.78 is 0.567. The van der Waals surface area contributed by atoms with Gasteiger partial charge in [0.25, 0.3) is 0 Å². The van der Waals surface area contributed by atoms with Crippen molar-refractivity contribution in [3.8, 4) is 0 Å². The fourth-order valence-corrected chi connectivity index (χ4v) is 2.93. The van der Waals surface area contributed by atoms with E-state index in [1.54, 1.807) is 7.11 Å². The van der Waals surface area contributed by atoms with Crippen LogP contribution in [0.3, 0.4) is 0 Å². The molecule has 0 spiro atoms. The van der Waals surface area contributed by atoms with Gasteiger partial charge < -0.3 is 5.11 Å². The Kier molecular flexibility index (Phi) is 4.02. The minimum absolute atomic E-state index is 0.223. The summed E-state index contributed by atoms with van der Waals surface area (Å²) >= 11 is 0. The van der Waals surface area contributed by atoms with E-state index >= 15 is 0 Å². The van der Waals surface area contributed by atoms with Crippen molar-refractivity contribution in [3.05, 3.63) is 23.8 Å². The third-order valence-corrected chi connectivity index (χ3v) is 4.13. The molecular formula is C14H24NO2+. The maximum atomic E-state index is 9.89. The fourth-order valence-electron chi connectivity index (χ4n) is 2.93. The van der Waals surface area contributed by atoms with Crippen molar-refractivity contribution >= 4 is 0 Å². The Morgan fingerprint density at radius 1 is 1.41 bits per heavy atom. The van der Waals surface area contributed by atoms with Crippen molar-refractivity contribution in [2.24, 2.45) is 0 Å². The van der Waals surface area contributed by atoms with E-state index in [9.17, 15) is 5.11 Å². The van der Waals surface area contributed by atoms with Gasteiger partial charge in [0, 0.05) is 12.0 Å². The Morgan fingerprint density at radius 2 is 2.24 bits per heavy atom. The van der Waals surface area contributed by atoms with Gasteiger partial charge in [-0.15, -0.1) is 0 Å². The summed E-state index contributed by atoms with van der Waals surface area (Å²) in [6, 6.07) is 0.458. The number of quaternary nitrogens is 1. The van der Waals surface area contributed by atoms with Crippen LogP contribution in [0.2, 0.25) is 0 Å². The monoisotopic (exact) mass is 238 g/mol. The van der Waals surface area contributed by atoms with Crippen LogP contribution in [0.4, 0.5) is 0 Å². The van der Waals surface area contributed by atoms with Gasteiger partial charge in [-0.2, -0.15) is 4.65 Å². The van der Waals surface area contributed by atoms with Gasteiger partial charge >= 0.3 is 0 Å². The number of aliphatic hydroxyl groups excluding tert-OH is 1. The van der Waals surface area contributed by atoms with Crippen LogP contribution in [-0.2, 0) is 4.84 Å². The molecule has 0 radical (unpaired) electrons. The van der Waals surface area contributed by atoms with E-state index in [2.05, 4.69) is 25.2 Å². The highest BCUT2D eigenvalue weighted by Crippen LogP contribution is 2.28. The zero-order chi connectivity index (χ0) is 12.3. The third-order valence-electron chi connectivity index (χ3n) is 4.13. The maximum absolute atomic E-state index is 9.89. The van der Waals surface area contributed by atoms with Crippen molar-refractivity contribution in [2.75, 3.05) is 20.2 Å². The molecule has 1 aliphatic heterocycles. The molecule has 1 saturated heterocycles. The summed E-state index contributed by atoms with van der Waals surface area (Å²) in [5.74, 6) is 0. The van der Waals surface area contributed by atoms with Crippen molar-refractivity contribution in [1.29, 1.82) is 0 Å². The number of nitrogens with zero attached hydrogens (tertiary/aromatic N) is 1. The van der Waals surface area contributed by atoms with E-state index in [0.717, 1.165) is 32.2 Å². The van der Waals surface area contributed by atoms with Gasteiger partial charge in [0.15, 0.2) is 0 Å². The molecule has 0 aromatic rings. The lowest BCUT2D eigenvalue weighted by molar-refractivity contribution is -1.12. The molecular weight excluding hydrogens is 214 g/mol. The molecule has 0 aromatic carbocycles. The first-order valence-electron chi connectivity index (χ1n) is 6.62. The number of aliphatic hydroxyl groups is 1. The number of hydrogen-bond donors (Lipinski definition) is 1. The van der Waals surface area contributed by atoms with Gasteiger partial charge in [-0.05, 0) is 26.2 Å². The van der Waals surface area contributed by atoms with Gasteiger partial charge in [-0.3, -0.25) is 0 Å². The second-order valence-electron chi connectivity index (χ2n) is 5.31. The molecule has 2 rings (SSSR count). The number of hydroxylamine groups is 3. The topological polar surface area (TPSA) is 29.5 Å². The normalized spacial score (nSPS) is 37.9. The third kappa shape index (κ3) is 2.79. The molecule has 1 N–H and O–H groups in total. The highest BCUT2D eigenvalue weighted by molar-refractivity contribution is 5.22. The Labute approximate surface area is 104 Å². The predicted molar refractivity (Wildman–Crippen MR) is 68.2 cm³/mol. The van der Waals surface area contributed by atoms with Crippen molar-refractivity contribution in [3.63, 3.8) is 0 Å². The molecule has 0 aromatic heterocycles. The quantitative estimate of drug-likeness (QED) is 0.764. The van der Waals surface area contributed by atoms with E-state index in [1.807, 2.05) is 0 Å². The molecule has 0 saturated carbocycles. The van der Waals surface area contributed by atoms with Crippen LogP contribution in [-0.4, -0.2) is 42.1 Å². The number of piperidine rings is 1. The molecule has 3 nitrogen and oxygen atoms in total. The number of hydrogen-bond acceptors (Lipinski definition) is 2. The summed E-state index contributed by atoms with van der Waals surface area (Å²) in [6.07, 6.45) is 10.7. The molecule has 3 unspecified atom stereocenters. The van der Waals surface area contributed by atoms with Crippen molar-refractivity contribution < 1.29 is 14.6 Å². The summed E-state index contributed by atoms with van der Waals surface area (Å²) in [4.78, 5) is 5.77. The minimum atomic E-state index is -0.223. The molecule has 1 heterocycles. The Bertz CT molecular complexity index is 324. The van der Waals surface area contributed by atoms with E-state index in [4.69, 9.17) is 4.84 Å². The summed E-state index contributed by atoms with van der Waals surface area (Å²) in [7, 11) is 1.77. The van der Waals surface area contributed by atoms with Crippen LogP contribution in [0.25, 0.3) is 0 Å². The first-order valence-corrected chi connectivity index (χ1v) is 6.62. The Morgan fingerprint density at radius 3 is 2.88 bits per heavy atom. The van der Waals surface area contributed by atoms with Crippen molar-refractivity contribution in [1.82, 2.24) is 0 Å².